The van der Waals surface area contributed by atoms with E-state index in [2.05, 4.69) is 10.6 Å². The molecule has 1 aliphatic rings. The maximum atomic E-state index is 11.7. The fraction of sp³-hybridized carbons (Fsp3) is 0.357. The van der Waals surface area contributed by atoms with Crippen molar-refractivity contribution in [2.75, 3.05) is 17.2 Å². The third kappa shape index (κ3) is 3.57. The van der Waals surface area contributed by atoms with Crippen LogP contribution in [0.2, 0.25) is 0 Å². The summed E-state index contributed by atoms with van der Waals surface area (Å²) in [7, 11) is 0. The number of hydrogen-bond acceptors (Lipinski definition) is 4. The SMILES string of the molecule is CCOC(=O)CCC(=O)Nc1ccc2c(c1)CC(=O)N2. The zero-order chi connectivity index (χ0) is 14.5. The second kappa shape index (κ2) is 6.18. The molecule has 106 valence electrons. The van der Waals surface area contributed by atoms with Gasteiger partial charge in [0.25, 0.3) is 0 Å². The molecule has 0 unspecified atom stereocenters. The number of esters is 1. The number of nitrogens with one attached hydrogen (secondary N) is 2. The van der Waals surface area contributed by atoms with Crippen LogP contribution in [0.15, 0.2) is 18.2 Å². The van der Waals surface area contributed by atoms with Crippen LogP contribution in [0, 0.1) is 0 Å². The summed E-state index contributed by atoms with van der Waals surface area (Å²) in [5, 5.41) is 5.42. The first-order chi connectivity index (χ1) is 9.58. The van der Waals surface area contributed by atoms with Crippen LogP contribution in [0.4, 0.5) is 11.4 Å². The summed E-state index contributed by atoms with van der Waals surface area (Å²) in [6.07, 6.45) is 0.458. The van der Waals surface area contributed by atoms with Crippen molar-refractivity contribution >= 4 is 29.2 Å². The Balaban J connectivity index is 1.87. The third-order valence-corrected chi connectivity index (χ3v) is 2.88. The van der Waals surface area contributed by atoms with Gasteiger partial charge in [-0.2, -0.15) is 0 Å². The van der Waals surface area contributed by atoms with E-state index in [1.165, 1.54) is 0 Å². The summed E-state index contributed by atoms with van der Waals surface area (Å²) in [5.74, 6) is -0.688. The van der Waals surface area contributed by atoms with Crippen molar-refractivity contribution in [1.29, 1.82) is 0 Å². The van der Waals surface area contributed by atoms with Crippen molar-refractivity contribution in [2.45, 2.75) is 26.2 Å². The Morgan fingerprint density at radius 1 is 1.35 bits per heavy atom. The largest absolute Gasteiger partial charge is 0.466 e. The molecule has 1 aromatic rings. The predicted molar refractivity (Wildman–Crippen MR) is 73.3 cm³/mol. The molecule has 0 bridgehead atoms. The molecule has 2 rings (SSSR count). The number of anilines is 2. The molecule has 0 aromatic heterocycles. The summed E-state index contributed by atoms with van der Waals surface area (Å²) >= 11 is 0. The molecule has 2 N–H and O–H groups in total. The van der Waals surface area contributed by atoms with Gasteiger partial charge in [-0.15, -0.1) is 0 Å². The zero-order valence-electron chi connectivity index (χ0n) is 11.2. The second-order valence-electron chi connectivity index (χ2n) is 4.45. The first kappa shape index (κ1) is 14.0. The summed E-state index contributed by atoms with van der Waals surface area (Å²) in [5.41, 5.74) is 2.26. The summed E-state index contributed by atoms with van der Waals surface area (Å²) in [6, 6.07) is 5.23. The normalized spacial score (nSPS) is 12.6. The Labute approximate surface area is 116 Å². The number of carbonyl (C=O) groups excluding carboxylic acids is 3. The number of ether oxygens (including phenoxy) is 1. The van der Waals surface area contributed by atoms with E-state index in [9.17, 15) is 14.4 Å². The highest BCUT2D eigenvalue weighted by molar-refractivity contribution is 6.00. The van der Waals surface area contributed by atoms with Crippen LogP contribution in [-0.2, 0) is 25.5 Å². The second-order valence-corrected chi connectivity index (χ2v) is 4.45. The number of hydrogen-bond donors (Lipinski definition) is 2. The first-order valence-electron chi connectivity index (χ1n) is 6.46. The Hall–Kier alpha value is -2.37. The van der Waals surface area contributed by atoms with Gasteiger partial charge in [0.2, 0.25) is 11.8 Å². The average molecular weight is 276 g/mol. The molecule has 0 aliphatic carbocycles. The quantitative estimate of drug-likeness (QED) is 0.797. The molecule has 6 heteroatoms. The lowest BCUT2D eigenvalue weighted by Gasteiger charge is -2.07. The average Bonchev–Trinajstić information content (AvgIpc) is 2.76. The monoisotopic (exact) mass is 276 g/mol. The molecule has 0 spiro atoms. The van der Waals surface area contributed by atoms with Gasteiger partial charge in [0, 0.05) is 17.8 Å². The molecule has 0 saturated heterocycles. The topological polar surface area (TPSA) is 84.5 Å². The summed E-state index contributed by atoms with van der Waals surface area (Å²) in [4.78, 5) is 34.0. The Morgan fingerprint density at radius 3 is 2.90 bits per heavy atom. The van der Waals surface area contributed by atoms with E-state index in [1.807, 2.05) is 0 Å². The summed E-state index contributed by atoms with van der Waals surface area (Å²) < 4.78 is 4.75. The third-order valence-electron chi connectivity index (χ3n) is 2.88. The molecule has 1 aromatic carbocycles. The van der Waals surface area contributed by atoms with E-state index in [-0.39, 0.29) is 30.6 Å². The lowest BCUT2D eigenvalue weighted by Crippen LogP contribution is -2.14. The van der Waals surface area contributed by atoms with Gasteiger partial charge in [0.1, 0.15) is 0 Å². The maximum Gasteiger partial charge on any atom is 0.306 e. The van der Waals surface area contributed by atoms with Crippen molar-refractivity contribution < 1.29 is 19.1 Å². The van der Waals surface area contributed by atoms with Crippen LogP contribution in [0.25, 0.3) is 0 Å². The van der Waals surface area contributed by atoms with E-state index in [0.717, 1.165) is 11.3 Å². The standard InChI is InChI=1S/C14H16N2O4/c1-2-20-14(19)6-5-12(17)15-10-3-4-11-9(7-10)8-13(18)16-11/h3-4,7H,2,5-6,8H2,1H3,(H,15,17)(H,16,18). The van der Waals surface area contributed by atoms with Crippen molar-refractivity contribution in [3.8, 4) is 0 Å². The van der Waals surface area contributed by atoms with Gasteiger partial charge in [-0.25, -0.2) is 0 Å². The molecular formula is C14H16N2O4. The van der Waals surface area contributed by atoms with Crippen LogP contribution in [0.1, 0.15) is 25.3 Å². The maximum absolute atomic E-state index is 11.7. The van der Waals surface area contributed by atoms with E-state index in [4.69, 9.17) is 4.74 Å². The highest BCUT2D eigenvalue weighted by Gasteiger charge is 2.18. The molecule has 1 aliphatic heterocycles. The van der Waals surface area contributed by atoms with Crippen LogP contribution in [0.5, 0.6) is 0 Å². The molecule has 1 heterocycles. The Morgan fingerprint density at radius 2 is 2.15 bits per heavy atom. The van der Waals surface area contributed by atoms with E-state index in [0.29, 0.717) is 18.7 Å². The fourth-order valence-corrected chi connectivity index (χ4v) is 1.98. The highest BCUT2D eigenvalue weighted by atomic mass is 16.5. The van der Waals surface area contributed by atoms with E-state index >= 15 is 0 Å². The van der Waals surface area contributed by atoms with Crippen LogP contribution in [-0.4, -0.2) is 24.4 Å². The van der Waals surface area contributed by atoms with E-state index < -0.39 is 0 Å². The van der Waals surface area contributed by atoms with Crippen LogP contribution < -0.4 is 10.6 Å². The minimum absolute atomic E-state index is 0.0502. The minimum Gasteiger partial charge on any atom is -0.466 e. The molecule has 0 radical (unpaired) electrons. The Bertz CT molecular complexity index is 554. The van der Waals surface area contributed by atoms with Gasteiger partial charge in [0.05, 0.1) is 19.4 Å². The number of benzene rings is 1. The number of fused-ring (bicyclic) bond motifs is 1. The van der Waals surface area contributed by atoms with E-state index in [1.54, 1.807) is 25.1 Å². The lowest BCUT2D eigenvalue weighted by atomic mass is 10.1. The van der Waals surface area contributed by atoms with Gasteiger partial charge in [-0.05, 0) is 30.7 Å². The molecule has 0 fully saturated rings. The van der Waals surface area contributed by atoms with Gasteiger partial charge >= 0.3 is 5.97 Å². The summed E-state index contributed by atoms with van der Waals surface area (Å²) in [6.45, 7) is 2.03. The number of amides is 2. The van der Waals surface area contributed by atoms with Crippen LogP contribution >= 0.6 is 0 Å². The lowest BCUT2D eigenvalue weighted by molar-refractivity contribution is -0.144. The van der Waals surface area contributed by atoms with Crippen molar-refractivity contribution in [2.24, 2.45) is 0 Å². The van der Waals surface area contributed by atoms with Gasteiger partial charge in [-0.1, -0.05) is 0 Å². The number of rotatable bonds is 5. The van der Waals surface area contributed by atoms with Gasteiger partial charge < -0.3 is 15.4 Å². The molecule has 6 nitrogen and oxygen atoms in total. The number of carbonyl (C=O) groups is 3. The highest BCUT2D eigenvalue weighted by Crippen LogP contribution is 2.26. The Kier molecular flexibility index (Phi) is 4.34. The molecule has 2 amide bonds. The minimum atomic E-state index is -0.383. The fourth-order valence-electron chi connectivity index (χ4n) is 1.98. The van der Waals surface area contributed by atoms with Crippen molar-refractivity contribution in [1.82, 2.24) is 0 Å². The zero-order valence-corrected chi connectivity index (χ0v) is 11.2. The smallest absolute Gasteiger partial charge is 0.306 e. The molecule has 0 atom stereocenters. The van der Waals surface area contributed by atoms with Crippen molar-refractivity contribution in [3.63, 3.8) is 0 Å². The molecule has 0 saturated carbocycles. The molecular weight excluding hydrogens is 260 g/mol. The van der Waals surface area contributed by atoms with Crippen LogP contribution in [0.3, 0.4) is 0 Å². The van der Waals surface area contributed by atoms with Gasteiger partial charge in [0.15, 0.2) is 0 Å². The van der Waals surface area contributed by atoms with Gasteiger partial charge in [-0.3, -0.25) is 14.4 Å². The molecule has 20 heavy (non-hydrogen) atoms. The van der Waals surface area contributed by atoms with Crippen molar-refractivity contribution in [3.05, 3.63) is 23.8 Å². The predicted octanol–water partition coefficient (Wildman–Crippen LogP) is 1.46. The first-order valence-corrected chi connectivity index (χ1v) is 6.46.